The maximum atomic E-state index is 11.6. The normalized spacial score (nSPS) is 21.9. The van der Waals surface area contributed by atoms with Crippen LogP contribution in [0.5, 0.6) is 0 Å². The molecule has 3 nitrogen and oxygen atoms in total. The first-order valence-electron chi connectivity index (χ1n) is 7.38. The third-order valence-electron chi connectivity index (χ3n) is 4.26. The number of hydrogen-bond donors (Lipinski definition) is 1. The van der Waals surface area contributed by atoms with Crippen LogP contribution in [0.3, 0.4) is 0 Å². The Hall–Kier alpha value is -1.65. The van der Waals surface area contributed by atoms with Gasteiger partial charge in [-0.15, -0.1) is 0 Å². The van der Waals surface area contributed by atoms with Gasteiger partial charge in [-0.3, -0.25) is 9.69 Å². The molecule has 0 radical (unpaired) electrons. The smallest absolute Gasteiger partial charge is 0.308 e. The molecule has 1 saturated heterocycles. The van der Waals surface area contributed by atoms with Gasteiger partial charge < -0.3 is 5.11 Å². The average Bonchev–Trinajstić information content (AvgIpc) is 2.93. The minimum absolute atomic E-state index is 0.0503. The number of rotatable bonds is 4. The molecule has 0 saturated carbocycles. The fourth-order valence-electron chi connectivity index (χ4n) is 3.15. The number of likely N-dealkylation sites (tertiary alicyclic amines) is 1. The van der Waals surface area contributed by atoms with Crippen molar-refractivity contribution in [3.8, 4) is 0 Å². The van der Waals surface area contributed by atoms with Gasteiger partial charge in [0.2, 0.25) is 0 Å². The van der Waals surface area contributed by atoms with Crippen LogP contribution in [0.2, 0.25) is 0 Å². The molecule has 0 aromatic heterocycles. The third kappa shape index (κ3) is 3.39. The first-order chi connectivity index (χ1) is 10.6. The zero-order valence-corrected chi connectivity index (χ0v) is 13.7. The highest BCUT2D eigenvalue weighted by molar-refractivity contribution is 9.10. The van der Waals surface area contributed by atoms with Crippen molar-refractivity contribution in [2.45, 2.75) is 12.5 Å². The molecular formula is C18H18BrNO2. The standard InChI is InChI=1S/C18H18BrNO2/c19-15-8-6-14(7-9-15)16-11-20(12-17(16)18(21)22)10-13-4-2-1-3-5-13/h1-9,16-17H,10-12H2,(H,21,22)/t16-,17+/m1/s1. The van der Waals surface area contributed by atoms with E-state index in [2.05, 4.69) is 33.0 Å². The number of halogens is 1. The molecule has 0 aliphatic carbocycles. The Balaban J connectivity index is 1.77. The van der Waals surface area contributed by atoms with Crippen LogP contribution in [0, 0.1) is 5.92 Å². The van der Waals surface area contributed by atoms with Crippen LogP contribution in [0.4, 0.5) is 0 Å². The number of carboxylic acids is 1. The van der Waals surface area contributed by atoms with Crippen molar-refractivity contribution >= 4 is 21.9 Å². The summed E-state index contributed by atoms with van der Waals surface area (Å²) in [6.45, 7) is 2.19. The Morgan fingerprint density at radius 3 is 2.41 bits per heavy atom. The van der Waals surface area contributed by atoms with E-state index in [1.165, 1.54) is 5.56 Å². The highest BCUT2D eigenvalue weighted by Gasteiger charge is 2.38. The molecule has 1 aliphatic heterocycles. The van der Waals surface area contributed by atoms with E-state index < -0.39 is 5.97 Å². The predicted molar refractivity (Wildman–Crippen MR) is 89.7 cm³/mol. The zero-order chi connectivity index (χ0) is 15.5. The fraction of sp³-hybridized carbons (Fsp3) is 0.278. The van der Waals surface area contributed by atoms with Crippen LogP contribution in [0.25, 0.3) is 0 Å². The van der Waals surface area contributed by atoms with Gasteiger partial charge in [-0.05, 0) is 23.3 Å². The number of hydrogen-bond acceptors (Lipinski definition) is 2. The van der Waals surface area contributed by atoms with Gasteiger partial charge in [-0.1, -0.05) is 58.4 Å². The highest BCUT2D eigenvalue weighted by Crippen LogP contribution is 2.34. The number of aliphatic carboxylic acids is 1. The summed E-state index contributed by atoms with van der Waals surface area (Å²) in [5.74, 6) is -0.998. The molecule has 22 heavy (non-hydrogen) atoms. The minimum Gasteiger partial charge on any atom is -0.481 e. The maximum absolute atomic E-state index is 11.6. The second kappa shape index (κ2) is 6.63. The Kier molecular flexibility index (Phi) is 4.60. The fourth-order valence-corrected chi connectivity index (χ4v) is 3.42. The molecule has 1 fully saturated rings. The van der Waals surface area contributed by atoms with E-state index in [1.54, 1.807) is 0 Å². The van der Waals surface area contributed by atoms with Crippen molar-refractivity contribution in [1.29, 1.82) is 0 Å². The molecule has 2 atom stereocenters. The number of carbonyl (C=O) groups is 1. The van der Waals surface area contributed by atoms with Gasteiger partial charge in [0, 0.05) is 30.0 Å². The van der Waals surface area contributed by atoms with Crippen molar-refractivity contribution in [1.82, 2.24) is 4.90 Å². The van der Waals surface area contributed by atoms with E-state index in [-0.39, 0.29) is 11.8 Å². The summed E-state index contributed by atoms with van der Waals surface area (Å²) in [7, 11) is 0. The van der Waals surface area contributed by atoms with Gasteiger partial charge in [0.15, 0.2) is 0 Å². The van der Waals surface area contributed by atoms with Gasteiger partial charge in [0.25, 0.3) is 0 Å². The summed E-state index contributed by atoms with van der Waals surface area (Å²) in [5.41, 5.74) is 2.33. The van der Waals surface area contributed by atoms with Crippen molar-refractivity contribution < 1.29 is 9.90 Å². The molecule has 2 aromatic carbocycles. The second-order valence-electron chi connectivity index (χ2n) is 5.78. The van der Waals surface area contributed by atoms with Crippen molar-refractivity contribution in [2.24, 2.45) is 5.92 Å². The van der Waals surface area contributed by atoms with E-state index >= 15 is 0 Å². The topological polar surface area (TPSA) is 40.5 Å². The molecule has 4 heteroatoms. The molecule has 1 N–H and O–H groups in total. The summed E-state index contributed by atoms with van der Waals surface area (Å²) in [4.78, 5) is 13.9. The van der Waals surface area contributed by atoms with Crippen LogP contribution < -0.4 is 0 Å². The Labute approximate surface area is 138 Å². The molecule has 1 aliphatic rings. The molecule has 0 spiro atoms. The van der Waals surface area contributed by atoms with E-state index in [0.29, 0.717) is 6.54 Å². The van der Waals surface area contributed by atoms with E-state index in [4.69, 9.17) is 0 Å². The Bertz CT molecular complexity index is 642. The van der Waals surface area contributed by atoms with Gasteiger partial charge in [-0.2, -0.15) is 0 Å². The lowest BCUT2D eigenvalue weighted by Crippen LogP contribution is -2.23. The lowest BCUT2D eigenvalue weighted by Gasteiger charge is -2.16. The minimum atomic E-state index is -0.705. The van der Waals surface area contributed by atoms with Gasteiger partial charge in [0.05, 0.1) is 5.92 Å². The predicted octanol–water partition coefficient (Wildman–Crippen LogP) is 3.75. The third-order valence-corrected chi connectivity index (χ3v) is 4.79. The molecular weight excluding hydrogens is 342 g/mol. The summed E-state index contributed by atoms with van der Waals surface area (Å²) in [6, 6.07) is 18.2. The summed E-state index contributed by atoms with van der Waals surface area (Å²) in [6.07, 6.45) is 0. The van der Waals surface area contributed by atoms with Crippen molar-refractivity contribution in [2.75, 3.05) is 13.1 Å². The van der Waals surface area contributed by atoms with Crippen LogP contribution in [0.1, 0.15) is 17.0 Å². The average molecular weight is 360 g/mol. The summed E-state index contributed by atoms with van der Waals surface area (Å²) < 4.78 is 1.02. The SMILES string of the molecule is O=C(O)[C@H]1CN(Cc2ccccc2)C[C@@H]1c1ccc(Br)cc1. The number of carboxylic acid groups (broad SMARTS) is 1. The van der Waals surface area contributed by atoms with Gasteiger partial charge in [-0.25, -0.2) is 0 Å². The van der Waals surface area contributed by atoms with E-state index in [0.717, 1.165) is 23.1 Å². The van der Waals surface area contributed by atoms with E-state index in [1.807, 2.05) is 42.5 Å². The molecule has 114 valence electrons. The Morgan fingerprint density at radius 1 is 1.09 bits per heavy atom. The monoisotopic (exact) mass is 359 g/mol. The molecule has 2 aromatic rings. The molecule has 0 amide bonds. The van der Waals surface area contributed by atoms with Gasteiger partial charge in [0.1, 0.15) is 0 Å². The molecule has 0 bridgehead atoms. The summed E-state index contributed by atoms with van der Waals surface area (Å²) >= 11 is 3.43. The highest BCUT2D eigenvalue weighted by atomic mass is 79.9. The number of benzene rings is 2. The molecule has 0 unspecified atom stereocenters. The van der Waals surface area contributed by atoms with Crippen LogP contribution in [0.15, 0.2) is 59.1 Å². The van der Waals surface area contributed by atoms with Crippen LogP contribution >= 0.6 is 15.9 Å². The number of nitrogens with zero attached hydrogens (tertiary/aromatic N) is 1. The van der Waals surface area contributed by atoms with E-state index in [9.17, 15) is 9.90 Å². The van der Waals surface area contributed by atoms with Gasteiger partial charge >= 0.3 is 5.97 Å². The Morgan fingerprint density at radius 2 is 1.77 bits per heavy atom. The lowest BCUT2D eigenvalue weighted by molar-refractivity contribution is -0.141. The van der Waals surface area contributed by atoms with Crippen molar-refractivity contribution in [3.63, 3.8) is 0 Å². The van der Waals surface area contributed by atoms with Crippen LogP contribution in [-0.4, -0.2) is 29.1 Å². The second-order valence-corrected chi connectivity index (χ2v) is 6.70. The molecule has 1 heterocycles. The quantitative estimate of drug-likeness (QED) is 0.903. The maximum Gasteiger partial charge on any atom is 0.308 e. The largest absolute Gasteiger partial charge is 0.481 e. The lowest BCUT2D eigenvalue weighted by atomic mass is 9.89. The van der Waals surface area contributed by atoms with Crippen LogP contribution in [-0.2, 0) is 11.3 Å². The first-order valence-corrected chi connectivity index (χ1v) is 8.17. The summed E-state index contributed by atoms with van der Waals surface area (Å²) in [5, 5.41) is 9.55. The zero-order valence-electron chi connectivity index (χ0n) is 12.2. The first kappa shape index (κ1) is 15.3. The molecule has 3 rings (SSSR count). The van der Waals surface area contributed by atoms with Crippen molar-refractivity contribution in [3.05, 3.63) is 70.2 Å².